The SMILES string of the molecule is Cc1cc(C)c2c3ccccc3n(CCNC(=O)c3nnsc3N3C[C@@H]4C[C@@H](C3)c3cccc(=O)n3C4)c2n1. The molecule has 2 bridgehead atoms. The van der Waals surface area contributed by atoms with E-state index in [0.29, 0.717) is 31.2 Å². The maximum Gasteiger partial charge on any atom is 0.275 e. The molecule has 9 nitrogen and oxygen atoms in total. The minimum Gasteiger partial charge on any atom is -0.359 e. The molecule has 10 heteroatoms. The van der Waals surface area contributed by atoms with E-state index in [-0.39, 0.29) is 17.4 Å². The van der Waals surface area contributed by atoms with Gasteiger partial charge in [-0.2, -0.15) is 0 Å². The van der Waals surface area contributed by atoms with Crippen molar-refractivity contribution < 1.29 is 4.79 Å². The molecule has 0 radical (unpaired) electrons. The summed E-state index contributed by atoms with van der Waals surface area (Å²) in [6.07, 6.45) is 1.06. The number of nitrogens with zero attached hydrogens (tertiary/aromatic N) is 6. The second-order valence-electron chi connectivity index (χ2n) is 10.7. The molecule has 1 saturated heterocycles. The maximum absolute atomic E-state index is 13.3. The number of fused-ring (bicyclic) bond motifs is 7. The van der Waals surface area contributed by atoms with E-state index in [2.05, 4.69) is 61.6 Å². The molecule has 2 atom stereocenters. The maximum atomic E-state index is 13.3. The lowest BCUT2D eigenvalue weighted by atomic mass is 9.83. The van der Waals surface area contributed by atoms with Crippen LogP contribution >= 0.6 is 11.5 Å². The van der Waals surface area contributed by atoms with Crippen molar-refractivity contribution in [2.24, 2.45) is 5.92 Å². The molecule has 7 rings (SSSR count). The Bertz CT molecular complexity index is 1800. The Morgan fingerprint density at radius 1 is 1.10 bits per heavy atom. The second-order valence-corrected chi connectivity index (χ2v) is 11.5. The zero-order chi connectivity index (χ0) is 26.7. The van der Waals surface area contributed by atoms with Gasteiger partial charge in [0.05, 0.1) is 5.52 Å². The molecule has 4 aromatic heterocycles. The number of amides is 1. The Balaban J connectivity index is 1.10. The lowest BCUT2D eigenvalue weighted by Crippen LogP contribution is -2.47. The van der Waals surface area contributed by atoms with E-state index in [0.717, 1.165) is 52.4 Å². The number of benzene rings is 1. The second kappa shape index (κ2) is 9.30. The van der Waals surface area contributed by atoms with Crippen LogP contribution in [-0.4, -0.2) is 49.2 Å². The van der Waals surface area contributed by atoms with Crippen LogP contribution in [0.5, 0.6) is 0 Å². The van der Waals surface area contributed by atoms with Crippen molar-refractivity contribution in [3.05, 3.63) is 81.5 Å². The zero-order valence-corrected chi connectivity index (χ0v) is 22.7. The van der Waals surface area contributed by atoms with Crippen LogP contribution in [0.1, 0.15) is 39.8 Å². The van der Waals surface area contributed by atoms with E-state index in [1.807, 2.05) is 23.6 Å². The van der Waals surface area contributed by atoms with Crippen molar-refractivity contribution in [3.63, 3.8) is 0 Å². The molecule has 39 heavy (non-hydrogen) atoms. The van der Waals surface area contributed by atoms with Crippen LogP contribution in [0.4, 0.5) is 5.00 Å². The van der Waals surface area contributed by atoms with Crippen LogP contribution in [0.25, 0.3) is 21.9 Å². The van der Waals surface area contributed by atoms with Crippen molar-refractivity contribution in [3.8, 4) is 0 Å². The first-order chi connectivity index (χ1) is 19.0. The Labute approximate surface area is 229 Å². The molecule has 0 unspecified atom stereocenters. The summed E-state index contributed by atoms with van der Waals surface area (Å²) < 4.78 is 8.26. The summed E-state index contributed by atoms with van der Waals surface area (Å²) in [5.41, 5.74) is 5.75. The first-order valence-corrected chi connectivity index (χ1v) is 14.2. The first kappa shape index (κ1) is 24.0. The molecule has 2 aliphatic rings. The fourth-order valence-electron chi connectivity index (χ4n) is 6.57. The highest BCUT2D eigenvalue weighted by Crippen LogP contribution is 2.38. The van der Waals surface area contributed by atoms with Gasteiger partial charge in [-0.3, -0.25) is 9.59 Å². The average Bonchev–Trinajstić information content (AvgIpc) is 3.53. The van der Waals surface area contributed by atoms with E-state index in [1.165, 1.54) is 22.5 Å². The van der Waals surface area contributed by atoms with Crippen molar-refractivity contribution in [2.45, 2.75) is 39.3 Å². The van der Waals surface area contributed by atoms with Crippen LogP contribution in [-0.2, 0) is 13.1 Å². The van der Waals surface area contributed by atoms with Gasteiger partial charge in [-0.1, -0.05) is 28.8 Å². The van der Waals surface area contributed by atoms with Gasteiger partial charge in [0.1, 0.15) is 10.6 Å². The quantitative estimate of drug-likeness (QED) is 0.364. The van der Waals surface area contributed by atoms with Crippen LogP contribution in [0, 0.1) is 19.8 Å². The summed E-state index contributed by atoms with van der Waals surface area (Å²) in [6, 6.07) is 16.0. The molecule has 1 amide bonds. The summed E-state index contributed by atoms with van der Waals surface area (Å²) in [4.78, 5) is 32.8. The highest BCUT2D eigenvalue weighted by atomic mass is 32.1. The van der Waals surface area contributed by atoms with Crippen molar-refractivity contribution >= 4 is 44.4 Å². The first-order valence-electron chi connectivity index (χ1n) is 13.4. The monoisotopic (exact) mass is 539 g/mol. The summed E-state index contributed by atoms with van der Waals surface area (Å²) in [5.74, 6) is 0.385. The third-order valence-corrected chi connectivity index (χ3v) is 8.91. The summed E-state index contributed by atoms with van der Waals surface area (Å²) in [5, 5.41) is 10.4. The number of aromatic nitrogens is 5. The lowest BCUT2D eigenvalue weighted by molar-refractivity contribution is 0.0947. The minimum absolute atomic E-state index is 0.0685. The van der Waals surface area contributed by atoms with E-state index in [1.54, 1.807) is 6.07 Å². The van der Waals surface area contributed by atoms with E-state index >= 15 is 0 Å². The van der Waals surface area contributed by atoms with E-state index < -0.39 is 0 Å². The van der Waals surface area contributed by atoms with Gasteiger partial charge >= 0.3 is 0 Å². The molecular weight excluding hydrogens is 510 g/mol. The Morgan fingerprint density at radius 2 is 1.97 bits per heavy atom. The van der Waals surface area contributed by atoms with Crippen LogP contribution in [0.15, 0.2) is 53.3 Å². The van der Waals surface area contributed by atoms with Crippen LogP contribution < -0.4 is 15.8 Å². The number of nitrogens with one attached hydrogen (secondary N) is 1. The van der Waals surface area contributed by atoms with Gasteiger partial charge in [-0.25, -0.2) is 4.98 Å². The number of hydrogen-bond acceptors (Lipinski definition) is 7. The number of hydrogen-bond donors (Lipinski definition) is 1. The van der Waals surface area contributed by atoms with Gasteiger partial charge in [0.15, 0.2) is 5.69 Å². The number of anilines is 1. The topological polar surface area (TPSA) is 97.9 Å². The van der Waals surface area contributed by atoms with Gasteiger partial charge in [0, 0.05) is 78.4 Å². The number of rotatable bonds is 5. The van der Waals surface area contributed by atoms with E-state index in [4.69, 9.17) is 4.98 Å². The predicted molar refractivity (Wildman–Crippen MR) is 153 cm³/mol. The Hall–Kier alpha value is -4.05. The highest BCUT2D eigenvalue weighted by molar-refractivity contribution is 7.10. The molecular formula is C29H29N7O2S. The van der Waals surface area contributed by atoms with Crippen molar-refractivity contribution in [2.75, 3.05) is 24.5 Å². The zero-order valence-electron chi connectivity index (χ0n) is 21.9. The average molecular weight is 540 g/mol. The molecule has 2 aliphatic heterocycles. The normalized spacial score (nSPS) is 18.5. The molecule has 198 valence electrons. The molecule has 6 heterocycles. The number of carbonyl (C=O) groups excluding carboxylic acids is 1. The molecule has 0 aliphatic carbocycles. The van der Waals surface area contributed by atoms with Gasteiger partial charge in [0.25, 0.3) is 11.5 Å². The predicted octanol–water partition coefficient (Wildman–Crippen LogP) is 3.87. The van der Waals surface area contributed by atoms with Crippen LogP contribution in [0.3, 0.4) is 0 Å². The lowest BCUT2D eigenvalue weighted by Gasteiger charge is -2.43. The Morgan fingerprint density at radius 3 is 2.87 bits per heavy atom. The van der Waals surface area contributed by atoms with Gasteiger partial charge in [-0.05, 0) is 49.9 Å². The summed E-state index contributed by atoms with van der Waals surface area (Å²) >= 11 is 1.27. The smallest absolute Gasteiger partial charge is 0.275 e. The molecule has 1 aromatic carbocycles. The molecule has 1 fully saturated rings. The van der Waals surface area contributed by atoms with Gasteiger partial charge in [-0.15, -0.1) is 5.10 Å². The summed E-state index contributed by atoms with van der Waals surface area (Å²) in [6.45, 7) is 7.42. The van der Waals surface area contributed by atoms with Crippen molar-refractivity contribution in [1.82, 2.24) is 29.0 Å². The molecule has 5 aromatic rings. The molecule has 0 spiro atoms. The minimum atomic E-state index is -0.216. The summed E-state index contributed by atoms with van der Waals surface area (Å²) in [7, 11) is 0. The standard InChI is InChI=1S/C29H29N7O2S/c1-17-12-18(2)31-27-25(17)21-6-3-4-7-23(21)35(27)11-10-30-28(38)26-29(39-33-32-26)34-14-19-13-20(16-34)22-8-5-9-24(37)36(22)15-19/h3-9,12,19-20H,10-11,13-16H2,1-2H3,(H,30,38)/t19-,20-/m0/s1. The fraction of sp³-hybridized carbons (Fsp3) is 0.345. The molecule has 1 N–H and O–H groups in total. The number of para-hydroxylation sites is 1. The number of piperidine rings is 1. The number of carbonyl (C=O) groups is 1. The number of aryl methyl sites for hydroxylation is 2. The third kappa shape index (κ3) is 4.01. The van der Waals surface area contributed by atoms with Crippen LogP contribution in [0.2, 0.25) is 0 Å². The van der Waals surface area contributed by atoms with Gasteiger partial charge < -0.3 is 19.4 Å². The largest absolute Gasteiger partial charge is 0.359 e. The van der Waals surface area contributed by atoms with Crippen molar-refractivity contribution in [1.29, 1.82) is 0 Å². The molecule has 0 saturated carbocycles. The third-order valence-electron chi connectivity index (χ3n) is 8.12. The van der Waals surface area contributed by atoms with E-state index in [9.17, 15) is 9.59 Å². The highest BCUT2D eigenvalue weighted by Gasteiger charge is 2.36. The number of pyridine rings is 2. The van der Waals surface area contributed by atoms with Gasteiger partial charge in [0.2, 0.25) is 0 Å². The fourth-order valence-corrected chi connectivity index (χ4v) is 7.25. The Kier molecular flexibility index (Phi) is 5.73.